The zero-order valence-corrected chi connectivity index (χ0v) is 10.7. The summed E-state index contributed by atoms with van der Waals surface area (Å²) in [7, 11) is 0. The van der Waals surface area contributed by atoms with Crippen LogP contribution in [0.15, 0.2) is 0 Å². The molecule has 0 bridgehead atoms. The van der Waals surface area contributed by atoms with Gasteiger partial charge in [0.25, 0.3) is 0 Å². The van der Waals surface area contributed by atoms with Crippen LogP contribution in [0.4, 0.5) is 0 Å². The highest BCUT2D eigenvalue weighted by atomic mass is 16.6. The predicted octanol–water partition coefficient (Wildman–Crippen LogP) is -0.978. The molecule has 0 rings (SSSR count). The lowest BCUT2D eigenvalue weighted by molar-refractivity contribution is -0.162. The molecule has 3 atom stereocenters. The second-order valence-electron chi connectivity index (χ2n) is 4.26. The third-order valence-electron chi connectivity index (χ3n) is 2.73. The summed E-state index contributed by atoms with van der Waals surface area (Å²) in [6, 6.07) is -1.91. The molecule has 0 aromatic carbocycles. The standard InChI is InChI=1S/C11H21N3O4/c1-3-6(2)9(14)11(17)18-10(16)7(12)4-5-8(13)15/h6-7,9H,3-5,12,14H2,1-2H3,(H2,13,15)/t6-,7+,9-/m0/s1. The number of carbonyl (C=O) groups excluding carboxylic acids is 3. The molecule has 0 aliphatic heterocycles. The lowest BCUT2D eigenvalue weighted by Crippen LogP contribution is -2.42. The normalized spacial score (nSPS) is 15.6. The van der Waals surface area contributed by atoms with Crippen molar-refractivity contribution >= 4 is 17.8 Å². The second kappa shape index (κ2) is 7.78. The van der Waals surface area contributed by atoms with E-state index in [1.807, 2.05) is 6.92 Å². The van der Waals surface area contributed by atoms with Crippen LogP contribution in [-0.2, 0) is 19.1 Å². The second-order valence-corrected chi connectivity index (χ2v) is 4.26. The molecule has 1 amide bonds. The third-order valence-corrected chi connectivity index (χ3v) is 2.73. The molecule has 0 fully saturated rings. The molecule has 7 heteroatoms. The number of esters is 2. The van der Waals surface area contributed by atoms with E-state index in [1.54, 1.807) is 6.92 Å². The van der Waals surface area contributed by atoms with Crippen LogP contribution in [0.2, 0.25) is 0 Å². The Morgan fingerprint density at radius 1 is 1.17 bits per heavy atom. The van der Waals surface area contributed by atoms with E-state index in [2.05, 4.69) is 4.74 Å². The Bertz CT molecular complexity index is 319. The van der Waals surface area contributed by atoms with Gasteiger partial charge in [-0.05, 0) is 12.3 Å². The largest absolute Gasteiger partial charge is 0.391 e. The summed E-state index contributed by atoms with van der Waals surface area (Å²) in [4.78, 5) is 33.4. The first-order valence-electron chi connectivity index (χ1n) is 5.84. The van der Waals surface area contributed by atoms with Crippen LogP contribution in [-0.4, -0.2) is 29.9 Å². The molecule has 0 spiro atoms. The number of rotatable bonds is 7. The molecule has 0 aromatic rings. The molecule has 0 unspecified atom stereocenters. The number of hydrogen-bond acceptors (Lipinski definition) is 6. The van der Waals surface area contributed by atoms with Crippen LogP contribution in [0, 0.1) is 5.92 Å². The Kier molecular flexibility index (Phi) is 7.14. The minimum atomic E-state index is -1.05. The van der Waals surface area contributed by atoms with Gasteiger partial charge in [0.05, 0.1) is 0 Å². The molecular weight excluding hydrogens is 238 g/mol. The number of amides is 1. The molecular formula is C11H21N3O4. The van der Waals surface area contributed by atoms with Crippen molar-refractivity contribution in [3.8, 4) is 0 Å². The minimum Gasteiger partial charge on any atom is -0.391 e. The predicted molar refractivity (Wildman–Crippen MR) is 64.9 cm³/mol. The molecule has 0 heterocycles. The number of carbonyl (C=O) groups is 3. The van der Waals surface area contributed by atoms with Crippen LogP contribution in [0.3, 0.4) is 0 Å². The van der Waals surface area contributed by atoms with Crippen LogP contribution in [0.5, 0.6) is 0 Å². The molecule has 6 N–H and O–H groups in total. The monoisotopic (exact) mass is 259 g/mol. The Morgan fingerprint density at radius 2 is 1.72 bits per heavy atom. The van der Waals surface area contributed by atoms with Gasteiger partial charge in [0, 0.05) is 6.42 Å². The van der Waals surface area contributed by atoms with E-state index >= 15 is 0 Å². The quantitative estimate of drug-likeness (QED) is 0.397. The molecule has 0 aliphatic carbocycles. The number of nitrogens with two attached hydrogens (primary N) is 3. The number of ether oxygens (including phenoxy) is 1. The van der Waals surface area contributed by atoms with Crippen molar-refractivity contribution in [2.45, 2.75) is 45.2 Å². The van der Waals surface area contributed by atoms with E-state index in [4.69, 9.17) is 17.2 Å². The van der Waals surface area contributed by atoms with Gasteiger partial charge in [-0.25, -0.2) is 9.59 Å². The van der Waals surface area contributed by atoms with Gasteiger partial charge in [-0.2, -0.15) is 0 Å². The number of primary amides is 1. The maximum Gasteiger partial charge on any atom is 0.330 e. The van der Waals surface area contributed by atoms with Crippen LogP contribution in [0.25, 0.3) is 0 Å². The molecule has 0 saturated carbocycles. The van der Waals surface area contributed by atoms with Gasteiger partial charge >= 0.3 is 11.9 Å². The molecule has 7 nitrogen and oxygen atoms in total. The van der Waals surface area contributed by atoms with Crippen molar-refractivity contribution in [1.29, 1.82) is 0 Å². The summed E-state index contributed by atoms with van der Waals surface area (Å²) in [5, 5.41) is 0. The third kappa shape index (κ3) is 5.74. The highest BCUT2D eigenvalue weighted by Gasteiger charge is 2.26. The Labute approximate surface area is 106 Å². The smallest absolute Gasteiger partial charge is 0.330 e. The van der Waals surface area contributed by atoms with Gasteiger partial charge in [0.2, 0.25) is 5.91 Å². The highest BCUT2D eigenvalue weighted by Crippen LogP contribution is 2.07. The zero-order valence-electron chi connectivity index (χ0n) is 10.7. The summed E-state index contributed by atoms with van der Waals surface area (Å²) >= 11 is 0. The van der Waals surface area contributed by atoms with Crippen LogP contribution < -0.4 is 17.2 Å². The van der Waals surface area contributed by atoms with Gasteiger partial charge in [0.15, 0.2) is 0 Å². The van der Waals surface area contributed by atoms with Gasteiger partial charge < -0.3 is 21.9 Å². The van der Waals surface area contributed by atoms with Gasteiger partial charge in [-0.15, -0.1) is 0 Å². The Morgan fingerprint density at radius 3 is 2.17 bits per heavy atom. The topological polar surface area (TPSA) is 138 Å². The molecule has 0 aromatic heterocycles. The lowest BCUT2D eigenvalue weighted by atomic mass is 10.0. The first-order chi connectivity index (χ1) is 8.29. The fourth-order valence-electron chi connectivity index (χ4n) is 1.14. The van der Waals surface area contributed by atoms with Gasteiger partial charge in [-0.1, -0.05) is 20.3 Å². The van der Waals surface area contributed by atoms with Crippen molar-refractivity contribution in [3.05, 3.63) is 0 Å². The zero-order chi connectivity index (χ0) is 14.3. The van der Waals surface area contributed by atoms with Gasteiger partial charge in [0.1, 0.15) is 12.1 Å². The van der Waals surface area contributed by atoms with Crippen molar-refractivity contribution in [3.63, 3.8) is 0 Å². The summed E-state index contributed by atoms with van der Waals surface area (Å²) in [6.45, 7) is 3.65. The summed E-state index contributed by atoms with van der Waals surface area (Å²) < 4.78 is 4.55. The SMILES string of the molecule is CC[C@H](C)[C@H](N)C(=O)OC(=O)[C@H](N)CCC(N)=O. The van der Waals surface area contributed by atoms with Crippen molar-refractivity contribution in [2.75, 3.05) is 0 Å². The van der Waals surface area contributed by atoms with Crippen LogP contribution >= 0.6 is 0 Å². The maximum atomic E-state index is 11.5. The summed E-state index contributed by atoms with van der Waals surface area (Å²) in [5.74, 6) is -2.35. The van der Waals surface area contributed by atoms with E-state index in [9.17, 15) is 14.4 Å². The van der Waals surface area contributed by atoms with E-state index in [-0.39, 0.29) is 18.8 Å². The molecule has 104 valence electrons. The molecule has 0 saturated heterocycles. The van der Waals surface area contributed by atoms with E-state index in [0.717, 1.165) is 0 Å². The first kappa shape index (κ1) is 16.5. The fraction of sp³-hybridized carbons (Fsp3) is 0.727. The fourth-order valence-corrected chi connectivity index (χ4v) is 1.14. The Hall–Kier alpha value is -1.47. The van der Waals surface area contributed by atoms with Crippen LogP contribution in [0.1, 0.15) is 33.1 Å². The summed E-state index contributed by atoms with van der Waals surface area (Å²) in [6.07, 6.45) is 0.695. The maximum absolute atomic E-state index is 11.5. The van der Waals surface area contributed by atoms with Crippen molar-refractivity contribution in [1.82, 2.24) is 0 Å². The van der Waals surface area contributed by atoms with E-state index in [0.29, 0.717) is 6.42 Å². The molecule has 18 heavy (non-hydrogen) atoms. The average Bonchev–Trinajstić information content (AvgIpc) is 2.33. The van der Waals surface area contributed by atoms with E-state index < -0.39 is 29.9 Å². The Balaban J connectivity index is 4.22. The lowest BCUT2D eigenvalue weighted by Gasteiger charge is -2.17. The van der Waals surface area contributed by atoms with E-state index in [1.165, 1.54) is 0 Å². The first-order valence-corrected chi connectivity index (χ1v) is 5.84. The average molecular weight is 259 g/mol. The summed E-state index contributed by atoms with van der Waals surface area (Å²) in [5.41, 5.74) is 16.0. The minimum absolute atomic E-state index is 0.0398. The molecule has 0 aliphatic rings. The van der Waals surface area contributed by atoms with Crippen molar-refractivity contribution in [2.24, 2.45) is 23.1 Å². The number of hydrogen-bond donors (Lipinski definition) is 3. The van der Waals surface area contributed by atoms with Gasteiger partial charge in [-0.3, -0.25) is 4.79 Å². The highest BCUT2D eigenvalue weighted by molar-refractivity contribution is 5.91. The van der Waals surface area contributed by atoms with Crippen molar-refractivity contribution < 1.29 is 19.1 Å². The molecule has 0 radical (unpaired) electrons.